The normalized spacial score (nSPS) is 10.5. The lowest BCUT2D eigenvalue weighted by Gasteiger charge is -2.23. The number of halogens is 1. The Hall–Kier alpha value is -0.580. The van der Waals surface area contributed by atoms with Gasteiger partial charge in [-0.05, 0) is 31.0 Å². The summed E-state index contributed by atoms with van der Waals surface area (Å²) in [6.07, 6.45) is 0.771. The molecule has 0 aliphatic rings. The summed E-state index contributed by atoms with van der Waals surface area (Å²) in [4.78, 5) is 2.20. The maximum Gasteiger partial charge on any atom is 0.0692 e. The molecule has 2 N–H and O–H groups in total. The van der Waals surface area contributed by atoms with Gasteiger partial charge >= 0.3 is 0 Å². The number of hydrogen-bond acceptors (Lipinski definition) is 3. The Morgan fingerprint density at radius 2 is 2.06 bits per heavy atom. The first-order valence-corrected chi connectivity index (χ1v) is 6.27. The lowest BCUT2D eigenvalue weighted by Crippen LogP contribution is -2.24. The van der Waals surface area contributed by atoms with Gasteiger partial charge in [-0.1, -0.05) is 22.0 Å². The minimum atomic E-state index is 0.0453. The van der Waals surface area contributed by atoms with E-state index in [4.69, 9.17) is 10.2 Å². The fourth-order valence-electron chi connectivity index (χ4n) is 1.59. The number of hydrogen-bond donors (Lipinski definition) is 2. The van der Waals surface area contributed by atoms with E-state index in [2.05, 4.69) is 27.8 Å². The molecule has 0 spiro atoms. The quantitative estimate of drug-likeness (QED) is 0.843. The summed E-state index contributed by atoms with van der Waals surface area (Å²) in [5, 5.41) is 17.9. The molecular formula is C12H18BrNO2. The Bertz CT molecular complexity index is 331. The van der Waals surface area contributed by atoms with E-state index in [0.717, 1.165) is 35.2 Å². The van der Waals surface area contributed by atoms with Crippen LogP contribution in [0.15, 0.2) is 22.7 Å². The number of rotatable bonds is 6. The Labute approximate surface area is 105 Å². The van der Waals surface area contributed by atoms with Crippen LogP contribution in [0, 0.1) is 0 Å². The third-order valence-electron chi connectivity index (χ3n) is 2.54. The first-order chi connectivity index (χ1) is 7.72. The van der Waals surface area contributed by atoms with Crippen LogP contribution < -0.4 is 4.90 Å². The summed E-state index contributed by atoms with van der Waals surface area (Å²) in [6.45, 7) is 4.10. The van der Waals surface area contributed by atoms with E-state index in [0.29, 0.717) is 0 Å². The predicted molar refractivity (Wildman–Crippen MR) is 69.7 cm³/mol. The van der Waals surface area contributed by atoms with Gasteiger partial charge in [0.2, 0.25) is 0 Å². The molecule has 0 fully saturated rings. The van der Waals surface area contributed by atoms with Crippen molar-refractivity contribution < 1.29 is 10.2 Å². The molecule has 0 radical (unpaired) electrons. The molecule has 90 valence electrons. The monoisotopic (exact) mass is 287 g/mol. The maximum atomic E-state index is 9.07. The molecule has 0 heterocycles. The number of anilines is 1. The van der Waals surface area contributed by atoms with Crippen LogP contribution in [-0.4, -0.2) is 29.9 Å². The summed E-state index contributed by atoms with van der Waals surface area (Å²) in [5.74, 6) is 0. The average Bonchev–Trinajstić information content (AvgIpc) is 2.30. The van der Waals surface area contributed by atoms with Crippen molar-refractivity contribution in [3.63, 3.8) is 0 Å². The first-order valence-electron chi connectivity index (χ1n) is 5.48. The van der Waals surface area contributed by atoms with Gasteiger partial charge in [0.05, 0.1) is 6.61 Å². The van der Waals surface area contributed by atoms with Gasteiger partial charge in [-0.3, -0.25) is 0 Å². The molecule has 1 rings (SSSR count). The van der Waals surface area contributed by atoms with Gasteiger partial charge in [0, 0.05) is 29.9 Å². The maximum absolute atomic E-state index is 9.07. The van der Waals surface area contributed by atoms with Crippen molar-refractivity contribution in [2.45, 2.75) is 20.0 Å². The van der Waals surface area contributed by atoms with Gasteiger partial charge in [-0.25, -0.2) is 0 Å². The molecule has 0 saturated carbocycles. The minimum absolute atomic E-state index is 0.0453. The Morgan fingerprint density at radius 3 is 2.56 bits per heavy atom. The molecule has 0 amide bonds. The average molecular weight is 288 g/mol. The Morgan fingerprint density at radius 1 is 1.31 bits per heavy atom. The zero-order valence-electron chi connectivity index (χ0n) is 9.49. The molecular weight excluding hydrogens is 270 g/mol. The smallest absolute Gasteiger partial charge is 0.0692 e. The molecule has 1 aromatic rings. The largest absolute Gasteiger partial charge is 0.396 e. The fourth-order valence-corrected chi connectivity index (χ4v) is 2.08. The third-order valence-corrected chi connectivity index (χ3v) is 3.28. The standard InChI is InChI=1S/C12H18BrNO2/c1-2-14(6-3-7-15)11-5-4-10(9-16)12(13)8-11/h4-5,8,15-16H,2-3,6-7,9H2,1H3. The molecule has 0 bridgehead atoms. The molecule has 16 heavy (non-hydrogen) atoms. The Kier molecular flexibility index (Phi) is 5.80. The van der Waals surface area contributed by atoms with E-state index in [1.54, 1.807) is 0 Å². The highest BCUT2D eigenvalue weighted by Gasteiger charge is 2.06. The van der Waals surface area contributed by atoms with Crippen LogP contribution in [0.4, 0.5) is 5.69 Å². The van der Waals surface area contributed by atoms with Crippen molar-refractivity contribution >= 4 is 21.6 Å². The van der Waals surface area contributed by atoms with Crippen LogP contribution in [-0.2, 0) is 6.61 Å². The van der Waals surface area contributed by atoms with E-state index in [-0.39, 0.29) is 13.2 Å². The molecule has 0 saturated heterocycles. The molecule has 1 aromatic carbocycles. The van der Waals surface area contributed by atoms with Crippen molar-refractivity contribution in [3.8, 4) is 0 Å². The van der Waals surface area contributed by atoms with Crippen LogP contribution >= 0.6 is 15.9 Å². The van der Waals surface area contributed by atoms with Gasteiger partial charge < -0.3 is 15.1 Å². The molecule has 4 heteroatoms. The van der Waals surface area contributed by atoms with E-state index in [1.807, 2.05) is 18.2 Å². The van der Waals surface area contributed by atoms with Gasteiger partial charge in [-0.15, -0.1) is 0 Å². The van der Waals surface area contributed by atoms with Crippen molar-refractivity contribution in [2.24, 2.45) is 0 Å². The van der Waals surface area contributed by atoms with Gasteiger partial charge in [0.1, 0.15) is 0 Å². The summed E-state index contributed by atoms with van der Waals surface area (Å²) >= 11 is 3.44. The second-order valence-electron chi connectivity index (χ2n) is 3.59. The predicted octanol–water partition coefficient (Wildman–Crippen LogP) is 2.15. The molecule has 0 aromatic heterocycles. The second-order valence-corrected chi connectivity index (χ2v) is 4.44. The van der Waals surface area contributed by atoms with Crippen LogP contribution in [0.5, 0.6) is 0 Å². The van der Waals surface area contributed by atoms with Gasteiger partial charge in [0.15, 0.2) is 0 Å². The van der Waals surface area contributed by atoms with Crippen molar-refractivity contribution in [1.29, 1.82) is 0 Å². The molecule has 0 aliphatic heterocycles. The summed E-state index contributed by atoms with van der Waals surface area (Å²) in [6, 6.07) is 5.92. The van der Waals surface area contributed by atoms with Crippen molar-refractivity contribution in [2.75, 3.05) is 24.6 Å². The minimum Gasteiger partial charge on any atom is -0.396 e. The molecule has 0 atom stereocenters. The highest BCUT2D eigenvalue weighted by atomic mass is 79.9. The van der Waals surface area contributed by atoms with Crippen molar-refractivity contribution in [3.05, 3.63) is 28.2 Å². The highest BCUT2D eigenvalue weighted by Crippen LogP contribution is 2.24. The van der Waals surface area contributed by atoms with Crippen LogP contribution in [0.1, 0.15) is 18.9 Å². The van der Waals surface area contributed by atoms with E-state index in [9.17, 15) is 0 Å². The summed E-state index contributed by atoms with van der Waals surface area (Å²) < 4.78 is 0.926. The highest BCUT2D eigenvalue weighted by molar-refractivity contribution is 9.10. The van der Waals surface area contributed by atoms with Gasteiger partial charge in [0.25, 0.3) is 0 Å². The first kappa shape index (κ1) is 13.5. The molecule has 0 unspecified atom stereocenters. The van der Waals surface area contributed by atoms with Crippen LogP contribution in [0.3, 0.4) is 0 Å². The van der Waals surface area contributed by atoms with Crippen LogP contribution in [0.2, 0.25) is 0 Å². The number of nitrogens with zero attached hydrogens (tertiary/aromatic N) is 1. The third kappa shape index (κ3) is 3.47. The zero-order chi connectivity index (χ0) is 12.0. The lowest BCUT2D eigenvalue weighted by atomic mass is 10.2. The van der Waals surface area contributed by atoms with E-state index >= 15 is 0 Å². The molecule has 0 aliphatic carbocycles. The fraction of sp³-hybridized carbons (Fsp3) is 0.500. The Balaban J connectivity index is 2.80. The number of aliphatic hydroxyl groups excluding tert-OH is 2. The number of aliphatic hydroxyl groups is 2. The number of benzene rings is 1. The zero-order valence-corrected chi connectivity index (χ0v) is 11.1. The molecule has 3 nitrogen and oxygen atoms in total. The van der Waals surface area contributed by atoms with E-state index in [1.165, 1.54) is 0 Å². The topological polar surface area (TPSA) is 43.7 Å². The van der Waals surface area contributed by atoms with Gasteiger partial charge in [-0.2, -0.15) is 0 Å². The van der Waals surface area contributed by atoms with E-state index < -0.39 is 0 Å². The van der Waals surface area contributed by atoms with Crippen molar-refractivity contribution in [1.82, 2.24) is 0 Å². The summed E-state index contributed by atoms with van der Waals surface area (Å²) in [5.41, 5.74) is 2.00. The SMILES string of the molecule is CCN(CCCO)c1ccc(CO)c(Br)c1. The second kappa shape index (κ2) is 6.89. The lowest BCUT2D eigenvalue weighted by molar-refractivity contribution is 0.281. The summed E-state index contributed by atoms with van der Waals surface area (Å²) in [7, 11) is 0. The van der Waals surface area contributed by atoms with Crippen LogP contribution in [0.25, 0.3) is 0 Å².